The molecule has 24 heavy (non-hydrogen) atoms. The van der Waals surface area contributed by atoms with Crippen molar-refractivity contribution in [1.29, 1.82) is 0 Å². The van der Waals surface area contributed by atoms with Gasteiger partial charge < -0.3 is 9.30 Å². The first-order valence-corrected chi connectivity index (χ1v) is 10.1. The molecule has 0 spiro atoms. The lowest BCUT2D eigenvalue weighted by Crippen LogP contribution is -2.18. The van der Waals surface area contributed by atoms with Crippen LogP contribution in [-0.2, 0) is 16.1 Å². The molecule has 0 N–H and O–H groups in total. The number of thiazole rings is 1. The van der Waals surface area contributed by atoms with Crippen LogP contribution in [0.4, 0.5) is 0 Å². The molecule has 5 nitrogen and oxygen atoms in total. The summed E-state index contributed by atoms with van der Waals surface area (Å²) in [6, 6.07) is 5.45. The third-order valence-electron chi connectivity index (χ3n) is 3.59. The molecule has 0 saturated carbocycles. The van der Waals surface area contributed by atoms with E-state index in [2.05, 4.69) is 16.5 Å². The first kappa shape index (κ1) is 18.7. The van der Waals surface area contributed by atoms with E-state index in [-0.39, 0.29) is 11.9 Å². The number of rotatable bonds is 7. The molecule has 7 heteroatoms. The molecule has 0 aliphatic carbocycles. The van der Waals surface area contributed by atoms with Crippen molar-refractivity contribution in [3.05, 3.63) is 28.6 Å². The number of esters is 1. The Balaban J connectivity index is 2.49. The molecule has 0 radical (unpaired) electrons. The van der Waals surface area contributed by atoms with Gasteiger partial charge in [-0.1, -0.05) is 24.7 Å². The quantitative estimate of drug-likeness (QED) is 0.704. The van der Waals surface area contributed by atoms with Gasteiger partial charge in [0.1, 0.15) is 0 Å². The molecule has 0 saturated heterocycles. The summed E-state index contributed by atoms with van der Waals surface area (Å²) in [7, 11) is 1.37. The summed E-state index contributed by atoms with van der Waals surface area (Å²) in [5.74, 6) is 0.481. The molecule has 0 bridgehead atoms. The van der Waals surface area contributed by atoms with Crippen molar-refractivity contribution >= 4 is 45.2 Å². The van der Waals surface area contributed by atoms with Crippen LogP contribution in [0.3, 0.4) is 0 Å². The van der Waals surface area contributed by atoms with Gasteiger partial charge in [-0.2, -0.15) is 16.8 Å². The Kier molecular flexibility index (Phi) is 7.05. The predicted octanol–water partition coefficient (Wildman–Crippen LogP) is 3.47. The third kappa shape index (κ3) is 4.48. The highest BCUT2D eigenvalue weighted by Gasteiger charge is 2.12. The number of methoxy groups -OCH3 is 1. The Morgan fingerprint density at radius 1 is 1.38 bits per heavy atom. The van der Waals surface area contributed by atoms with Crippen LogP contribution in [0.1, 0.15) is 36.5 Å². The van der Waals surface area contributed by atoms with Gasteiger partial charge in [0.05, 0.1) is 22.9 Å². The summed E-state index contributed by atoms with van der Waals surface area (Å²) in [5, 5.41) is 0. The molecule has 1 aromatic carbocycles. The highest BCUT2D eigenvalue weighted by atomic mass is 32.2. The normalized spacial score (nSPS) is 11.9. The Hall–Kier alpha value is -1.60. The van der Waals surface area contributed by atoms with E-state index in [1.54, 1.807) is 23.9 Å². The second kappa shape index (κ2) is 9.03. The summed E-state index contributed by atoms with van der Waals surface area (Å²) in [6.45, 7) is 2.83. The maximum Gasteiger partial charge on any atom is 0.337 e. The number of ether oxygens (including phenoxy) is 1. The maximum absolute atomic E-state index is 12.0. The van der Waals surface area contributed by atoms with Gasteiger partial charge in [-0.3, -0.25) is 4.79 Å². The molecule has 0 aliphatic heterocycles. The summed E-state index contributed by atoms with van der Waals surface area (Å²) in [4.78, 5) is 28.7. The van der Waals surface area contributed by atoms with Crippen molar-refractivity contribution in [2.24, 2.45) is 4.99 Å². The lowest BCUT2D eigenvalue weighted by Gasteiger charge is -2.04. The molecular weight excluding hydrogens is 344 g/mol. The Bertz CT molecular complexity index is 793. The molecule has 130 valence electrons. The topological polar surface area (TPSA) is 60.7 Å². The zero-order valence-electron chi connectivity index (χ0n) is 14.2. The van der Waals surface area contributed by atoms with Crippen molar-refractivity contribution in [1.82, 2.24) is 4.57 Å². The number of hydrogen-bond donors (Lipinski definition) is 0. The third-order valence-corrected chi connectivity index (χ3v) is 5.22. The van der Waals surface area contributed by atoms with Crippen LogP contribution in [0.2, 0.25) is 0 Å². The van der Waals surface area contributed by atoms with E-state index in [4.69, 9.17) is 4.74 Å². The predicted molar refractivity (Wildman–Crippen MR) is 99.6 cm³/mol. The first-order chi connectivity index (χ1) is 11.6. The van der Waals surface area contributed by atoms with Gasteiger partial charge in [-0.25, -0.2) is 4.79 Å². The molecule has 1 aromatic heterocycles. The number of fused-ring (bicyclic) bond motifs is 1. The number of aromatic nitrogens is 1. The minimum atomic E-state index is -0.363. The van der Waals surface area contributed by atoms with Crippen molar-refractivity contribution < 1.29 is 14.3 Å². The smallest absolute Gasteiger partial charge is 0.337 e. The number of hydrogen-bond acceptors (Lipinski definition) is 5. The van der Waals surface area contributed by atoms with Crippen molar-refractivity contribution in [2.45, 2.75) is 32.7 Å². The number of carbonyl (C=O) groups excluding carboxylic acids is 2. The van der Waals surface area contributed by atoms with Gasteiger partial charge in [0, 0.05) is 18.7 Å². The second-order valence-corrected chi connectivity index (χ2v) is 7.31. The number of benzene rings is 1. The van der Waals surface area contributed by atoms with Crippen LogP contribution in [0, 0.1) is 0 Å². The van der Waals surface area contributed by atoms with Crippen LogP contribution < -0.4 is 4.80 Å². The monoisotopic (exact) mass is 366 g/mol. The molecule has 2 aromatic rings. The van der Waals surface area contributed by atoms with Crippen molar-refractivity contribution in [2.75, 3.05) is 19.1 Å². The highest BCUT2D eigenvalue weighted by molar-refractivity contribution is 7.98. The van der Waals surface area contributed by atoms with Gasteiger partial charge in [-0.05, 0) is 30.9 Å². The van der Waals surface area contributed by atoms with Crippen LogP contribution in [0.15, 0.2) is 23.2 Å². The minimum Gasteiger partial charge on any atom is -0.465 e. The van der Waals surface area contributed by atoms with E-state index in [0.717, 1.165) is 35.4 Å². The SMILES string of the molecule is CCCCC(=O)N=c1sc2cc(C(=O)OC)ccc2n1CCSC. The van der Waals surface area contributed by atoms with E-state index in [9.17, 15) is 9.59 Å². The average molecular weight is 367 g/mol. The largest absolute Gasteiger partial charge is 0.465 e. The summed E-state index contributed by atoms with van der Waals surface area (Å²) < 4.78 is 7.76. The van der Waals surface area contributed by atoms with Gasteiger partial charge in [0.15, 0.2) is 4.80 Å². The number of thioether (sulfide) groups is 1. The molecule has 1 amide bonds. The zero-order chi connectivity index (χ0) is 17.5. The van der Waals surface area contributed by atoms with E-state index < -0.39 is 0 Å². The number of amides is 1. The number of carbonyl (C=O) groups is 2. The standard InChI is InChI=1S/C17H22N2O3S2/c1-4-5-6-15(20)18-17-19(9-10-23-3)13-8-7-12(16(21)22-2)11-14(13)24-17/h7-8,11H,4-6,9-10H2,1-3H3. The van der Waals surface area contributed by atoms with Gasteiger partial charge in [-0.15, -0.1) is 0 Å². The maximum atomic E-state index is 12.0. The summed E-state index contributed by atoms with van der Waals surface area (Å²) in [5.41, 5.74) is 1.50. The summed E-state index contributed by atoms with van der Waals surface area (Å²) in [6.07, 6.45) is 4.35. The average Bonchev–Trinajstić information content (AvgIpc) is 2.93. The fraction of sp³-hybridized carbons (Fsp3) is 0.471. The minimum absolute atomic E-state index is 0.0884. The molecule has 0 atom stereocenters. The van der Waals surface area contributed by atoms with Crippen LogP contribution >= 0.6 is 23.1 Å². The molecule has 0 aliphatic rings. The fourth-order valence-electron chi connectivity index (χ4n) is 2.29. The second-order valence-electron chi connectivity index (χ2n) is 5.31. The van der Waals surface area contributed by atoms with Gasteiger partial charge in [0.25, 0.3) is 0 Å². The fourth-order valence-corrected chi connectivity index (χ4v) is 3.77. The Morgan fingerprint density at radius 2 is 2.17 bits per heavy atom. The van der Waals surface area contributed by atoms with E-state index >= 15 is 0 Å². The van der Waals surface area contributed by atoms with E-state index in [1.165, 1.54) is 18.4 Å². The highest BCUT2D eigenvalue weighted by Crippen LogP contribution is 2.20. The van der Waals surface area contributed by atoms with Crippen molar-refractivity contribution in [3.63, 3.8) is 0 Å². The first-order valence-electron chi connectivity index (χ1n) is 7.89. The van der Waals surface area contributed by atoms with Gasteiger partial charge >= 0.3 is 5.97 Å². The van der Waals surface area contributed by atoms with Crippen LogP contribution in [-0.4, -0.2) is 35.6 Å². The lowest BCUT2D eigenvalue weighted by atomic mass is 10.2. The van der Waals surface area contributed by atoms with E-state index in [1.807, 2.05) is 12.3 Å². The molecule has 2 rings (SSSR count). The molecule has 0 unspecified atom stereocenters. The number of aryl methyl sites for hydroxylation is 1. The number of unbranched alkanes of at least 4 members (excludes halogenated alkanes) is 1. The van der Waals surface area contributed by atoms with Crippen molar-refractivity contribution in [3.8, 4) is 0 Å². The summed E-state index contributed by atoms with van der Waals surface area (Å²) >= 11 is 3.18. The zero-order valence-corrected chi connectivity index (χ0v) is 15.8. The molecule has 1 heterocycles. The Labute approximate surface area is 149 Å². The van der Waals surface area contributed by atoms with Crippen LogP contribution in [0.5, 0.6) is 0 Å². The van der Waals surface area contributed by atoms with Crippen LogP contribution in [0.25, 0.3) is 10.2 Å². The molecular formula is C17H22N2O3S2. The Morgan fingerprint density at radius 3 is 2.83 bits per heavy atom. The molecule has 0 fully saturated rings. The van der Waals surface area contributed by atoms with E-state index in [0.29, 0.717) is 16.8 Å². The number of nitrogens with zero attached hydrogens (tertiary/aromatic N) is 2. The lowest BCUT2D eigenvalue weighted by molar-refractivity contribution is -0.118. The van der Waals surface area contributed by atoms with Gasteiger partial charge in [0.2, 0.25) is 5.91 Å².